The number of piperidine rings is 1. The van der Waals surface area contributed by atoms with Crippen molar-refractivity contribution in [2.24, 2.45) is 5.92 Å². The predicted molar refractivity (Wildman–Crippen MR) is 94.0 cm³/mol. The maximum Gasteiger partial charge on any atom is 0.259 e. The summed E-state index contributed by atoms with van der Waals surface area (Å²) in [6.07, 6.45) is 4.78. The number of benzene rings is 1. The molecular weight excluding hydrogens is 319 g/mol. The van der Waals surface area contributed by atoms with Gasteiger partial charge in [0.1, 0.15) is 17.1 Å². The van der Waals surface area contributed by atoms with Crippen LogP contribution in [0, 0.1) is 18.7 Å². The number of likely N-dealkylation sites (tertiary alicyclic amines) is 1. The minimum atomic E-state index is -0.200. The number of carbonyl (C=O) groups is 1. The summed E-state index contributed by atoms with van der Waals surface area (Å²) in [6.45, 7) is 5.35. The number of amides is 1. The molecular formula is C20H25FN2O2. The Morgan fingerprint density at radius 3 is 2.84 bits per heavy atom. The van der Waals surface area contributed by atoms with Crippen LogP contribution in [0.2, 0.25) is 0 Å². The fourth-order valence-corrected chi connectivity index (χ4v) is 3.60. The molecule has 3 rings (SSSR count). The molecule has 2 aromatic rings. The second-order valence-electron chi connectivity index (χ2n) is 6.84. The zero-order valence-electron chi connectivity index (χ0n) is 14.9. The van der Waals surface area contributed by atoms with Gasteiger partial charge in [-0.15, -0.1) is 0 Å². The molecule has 1 saturated heterocycles. The van der Waals surface area contributed by atoms with Crippen LogP contribution in [0.5, 0.6) is 0 Å². The van der Waals surface area contributed by atoms with E-state index in [0.717, 1.165) is 50.0 Å². The van der Waals surface area contributed by atoms with E-state index >= 15 is 0 Å². The summed E-state index contributed by atoms with van der Waals surface area (Å²) < 4.78 is 18.2. The molecule has 0 spiro atoms. The lowest BCUT2D eigenvalue weighted by molar-refractivity contribution is 0.0665. The third-order valence-corrected chi connectivity index (χ3v) is 5.04. The van der Waals surface area contributed by atoms with Crippen LogP contribution in [0.3, 0.4) is 0 Å². The molecule has 2 heterocycles. The maximum atomic E-state index is 13.0. The minimum absolute atomic E-state index is 0.0436. The quantitative estimate of drug-likeness (QED) is 0.818. The number of hydrogen-bond donors (Lipinski definition) is 0. The van der Waals surface area contributed by atoms with E-state index in [1.165, 1.54) is 12.1 Å². The maximum absolute atomic E-state index is 13.0. The van der Waals surface area contributed by atoms with E-state index < -0.39 is 0 Å². The fraction of sp³-hybridized carbons (Fsp3) is 0.500. The lowest BCUT2D eigenvalue weighted by Crippen LogP contribution is -2.40. The van der Waals surface area contributed by atoms with Gasteiger partial charge in [0.05, 0.1) is 5.69 Å². The number of nitrogens with zero attached hydrogens (tertiary/aromatic N) is 2. The van der Waals surface area contributed by atoms with Crippen molar-refractivity contribution < 1.29 is 13.7 Å². The molecule has 5 heteroatoms. The zero-order chi connectivity index (χ0) is 17.8. The molecule has 134 valence electrons. The van der Waals surface area contributed by atoms with E-state index in [9.17, 15) is 9.18 Å². The first-order valence-electron chi connectivity index (χ1n) is 9.07. The van der Waals surface area contributed by atoms with Gasteiger partial charge in [0.25, 0.3) is 5.91 Å². The summed E-state index contributed by atoms with van der Waals surface area (Å²) >= 11 is 0. The van der Waals surface area contributed by atoms with Crippen LogP contribution >= 0.6 is 0 Å². The second kappa shape index (κ2) is 7.81. The van der Waals surface area contributed by atoms with Gasteiger partial charge in [0.2, 0.25) is 0 Å². The molecule has 0 unspecified atom stereocenters. The monoisotopic (exact) mass is 344 g/mol. The molecule has 0 aliphatic carbocycles. The smallest absolute Gasteiger partial charge is 0.259 e. The highest BCUT2D eigenvalue weighted by Crippen LogP contribution is 2.25. The average molecular weight is 344 g/mol. The van der Waals surface area contributed by atoms with E-state index in [2.05, 4.69) is 5.16 Å². The number of aromatic nitrogens is 1. The Balaban J connectivity index is 1.61. The summed E-state index contributed by atoms with van der Waals surface area (Å²) in [6, 6.07) is 6.70. The molecule has 0 N–H and O–H groups in total. The van der Waals surface area contributed by atoms with E-state index in [4.69, 9.17) is 4.52 Å². The molecule has 1 aromatic carbocycles. The zero-order valence-corrected chi connectivity index (χ0v) is 14.9. The molecule has 1 fully saturated rings. The molecule has 1 aliphatic rings. The molecule has 0 radical (unpaired) electrons. The molecule has 0 bridgehead atoms. The number of halogens is 1. The highest BCUT2D eigenvalue weighted by atomic mass is 19.1. The summed E-state index contributed by atoms with van der Waals surface area (Å²) in [7, 11) is 0. The van der Waals surface area contributed by atoms with E-state index in [-0.39, 0.29) is 11.7 Å². The highest BCUT2D eigenvalue weighted by molar-refractivity contribution is 5.96. The Bertz CT molecular complexity index is 724. The van der Waals surface area contributed by atoms with E-state index in [0.29, 0.717) is 23.7 Å². The van der Waals surface area contributed by atoms with Gasteiger partial charge in [-0.3, -0.25) is 4.79 Å². The normalized spacial score (nSPS) is 17.7. The van der Waals surface area contributed by atoms with Gasteiger partial charge in [-0.1, -0.05) is 24.2 Å². The van der Waals surface area contributed by atoms with Crippen LogP contribution in [0.25, 0.3) is 0 Å². The molecule has 1 aliphatic heterocycles. The number of aryl methyl sites for hydroxylation is 3. The molecule has 1 atom stereocenters. The Labute approximate surface area is 148 Å². The van der Waals surface area contributed by atoms with Crippen LogP contribution in [-0.2, 0) is 12.8 Å². The van der Waals surface area contributed by atoms with Crippen molar-refractivity contribution in [2.45, 2.75) is 46.0 Å². The van der Waals surface area contributed by atoms with Crippen molar-refractivity contribution in [1.29, 1.82) is 0 Å². The van der Waals surface area contributed by atoms with Gasteiger partial charge >= 0.3 is 0 Å². The lowest BCUT2D eigenvalue weighted by Gasteiger charge is -2.33. The fourth-order valence-electron chi connectivity index (χ4n) is 3.60. The van der Waals surface area contributed by atoms with Gasteiger partial charge in [0, 0.05) is 13.1 Å². The second-order valence-corrected chi connectivity index (χ2v) is 6.84. The summed E-state index contributed by atoms with van der Waals surface area (Å²) in [4.78, 5) is 14.8. The molecule has 4 nitrogen and oxygen atoms in total. The Kier molecular flexibility index (Phi) is 5.51. The van der Waals surface area contributed by atoms with Gasteiger partial charge in [-0.25, -0.2) is 4.39 Å². The number of rotatable bonds is 5. The van der Waals surface area contributed by atoms with Crippen molar-refractivity contribution in [3.05, 3.63) is 52.7 Å². The van der Waals surface area contributed by atoms with E-state index in [1.54, 1.807) is 6.92 Å². The van der Waals surface area contributed by atoms with Gasteiger partial charge < -0.3 is 9.42 Å². The first-order chi connectivity index (χ1) is 12.1. The summed E-state index contributed by atoms with van der Waals surface area (Å²) in [5, 5.41) is 4.00. The van der Waals surface area contributed by atoms with E-state index in [1.807, 2.05) is 24.0 Å². The Morgan fingerprint density at radius 1 is 1.36 bits per heavy atom. The van der Waals surface area contributed by atoms with Crippen LogP contribution in [0.1, 0.15) is 53.6 Å². The molecule has 0 saturated carbocycles. The lowest BCUT2D eigenvalue weighted by atomic mass is 9.91. The van der Waals surface area contributed by atoms with Crippen LogP contribution in [0.4, 0.5) is 4.39 Å². The van der Waals surface area contributed by atoms with Gasteiger partial charge in [-0.05, 0) is 62.6 Å². The SMILES string of the molecule is CCc1noc(C)c1C(=O)N1CCC[C@H](CCc2ccc(F)cc2)C1. The van der Waals surface area contributed by atoms with Crippen molar-refractivity contribution in [3.63, 3.8) is 0 Å². The number of hydrogen-bond acceptors (Lipinski definition) is 3. The molecule has 25 heavy (non-hydrogen) atoms. The average Bonchev–Trinajstić information content (AvgIpc) is 3.01. The molecule has 1 aromatic heterocycles. The van der Waals surface area contributed by atoms with Crippen LogP contribution < -0.4 is 0 Å². The van der Waals surface area contributed by atoms with Crippen molar-refractivity contribution >= 4 is 5.91 Å². The van der Waals surface area contributed by atoms with Gasteiger partial charge in [0.15, 0.2) is 0 Å². The first kappa shape index (κ1) is 17.6. The summed E-state index contributed by atoms with van der Waals surface area (Å²) in [5.41, 5.74) is 2.53. The predicted octanol–water partition coefficient (Wildman–Crippen LogP) is 4.17. The van der Waals surface area contributed by atoms with Crippen molar-refractivity contribution in [3.8, 4) is 0 Å². The standard InChI is InChI=1S/C20H25FN2O2/c1-3-18-19(14(2)25-22-18)20(24)23-12-4-5-16(13-23)7-6-15-8-10-17(21)11-9-15/h8-11,16H,3-7,12-13H2,1-2H3/t16-/m1/s1. The first-order valence-corrected chi connectivity index (χ1v) is 9.07. The van der Waals surface area contributed by atoms with Crippen LogP contribution in [0.15, 0.2) is 28.8 Å². The number of carbonyl (C=O) groups excluding carboxylic acids is 1. The van der Waals surface area contributed by atoms with Gasteiger partial charge in [-0.2, -0.15) is 0 Å². The highest BCUT2D eigenvalue weighted by Gasteiger charge is 2.28. The van der Waals surface area contributed by atoms with Crippen molar-refractivity contribution in [2.75, 3.05) is 13.1 Å². The third-order valence-electron chi connectivity index (χ3n) is 5.04. The third kappa shape index (κ3) is 4.09. The van der Waals surface area contributed by atoms with Crippen LogP contribution in [-0.4, -0.2) is 29.1 Å². The topological polar surface area (TPSA) is 46.3 Å². The summed E-state index contributed by atoms with van der Waals surface area (Å²) in [5.74, 6) is 0.930. The Morgan fingerprint density at radius 2 is 2.12 bits per heavy atom. The largest absolute Gasteiger partial charge is 0.361 e. The Hall–Kier alpha value is -2.17. The minimum Gasteiger partial charge on any atom is -0.361 e. The van der Waals surface area contributed by atoms with Crippen molar-refractivity contribution in [1.82, 2.24) is 10.1 Å². The molecule has 1 amide bonds.